The second-order valence-electron chi connectivity index (χ2n) is 4.01. The average molecular weight is 189 g/mol. The highest BCUT2D eigenvalue weighted by Gasteiger charge is 2.58. The number of amides is 1. The highest BCUT2D eigenvalue weighted by Crippen LogP contribution is 2.55. The summed E-state index contributed by atoms with van der Waals surface area (Å²) in [5.41, 5.74) is 6.22. The van der Waals surface area contributed by atoms with E-state index in [0.29, 0.717) is 5.92 Å². The van der Waals surface area contributed by atoms with Crippen molar-refractivity contribution < 1.29 is 4.79 Å². The van der Waals surface area contributed by atoms with Crippen LogP contribution in [0.1, 0.15) is 25.3 Å². The van der Waals surface area contributed by atoms with Gasteiger partial charge < -0.3 is 5.73 Å². The van der Waals surface area contributed by atoms with Crippen LogP contribution in [0.4, 0.5) is 0 Å². The van der Waals surface area contributed by atoms with Gasteiger partial charge in [0.25, 0.3) is 0 Å². The lowest BCUT2D eigenvalue weighted by atomic mass is 9.92. The van der Waals surface area contributed by atoms with E-state index < -0.39 is 0 Å². The van der Waals surface area contributed by atoms with E-state index in [-0.39, 0.29) is 11.3 Å². The number of carbonyl (C=O) groups is 1. The SMILES string of the molecule is CCC1CC1(C(N)=O)c1ccccc1. The maximum Gasteiger partial charge on any atom is 0.228 e. The van der Waals surface area contributed by atoms with Gasteiger partial charge in [-0.2, -0.15) is 0 Å². The van der Waals surface area contributed by atoms with Gasteiger partial charge in [-0.3, -0.25) is 4.79 Å². The fourth-order valence-corrected chi connectivity index (χ4v) is 2.36. The van der Waals surface area contributed by atoms with Crippen LogP contribution in [0.3, 0.4) is 0 Å². The molecular formula is C12H15NO. The first kappa shape index (κ1) is 9.25. The zero-order valence-corrected chi connectivity index (χ0v) is 8.36. The van der Waals surface area contributed by atoms with Gasteiger partial charge >= 0.3 is 0 Å². The smallest absolute Gasteiger partial charge is 0.228 e. The lowest BCUT2D eigenvalue weighted by molar-refractivity contribution is -0.120. The van der Waals surface area contributed by atoms with Crippen LogP contribution in [0.25, 0.3) is 0 Å². The molecule has 0 aliphatic heterocycles. The Bertz CT molecular complexity index is 347. The van der Waals surface area contributed by atoms with Gasteiger partial charge in [0.2, 0.25) is 5.91 Å². The number of hydrogen-bond acceptors (Lipinski definition) is 1. The molecule has 2 heteroatoms. The van der Waals surface area contributed by atoms with Gasteiger partial charge in [0, 0.05) is 0 Å². The maximum absolute atomic E-state index is 11.5. The fourth-order valence-electron chi connectivity index (χ4n) is 2.36. The molecule has 14 heavy (non-hydrogen) atoms. The quantitative estimate of drug-likeness (QED) is 0.774. The van der Waals surface area contributed by atoms with Crippen molar-refractivity contribution in [3.8, 4) is 0 Å². The minimum atomic E-state index is -0.351. The summed E-state index contributed by atoms with van der Waals surface area (Å²) < 4.78 is 0. The Kier molecular flexibility index (Phi) is 2.06. The maximum atomic E-state index is 11.5. The van der Waals surface area contributed by atoms with Gasteiger partial charge in [0.15, 0.2) is 0 Å². The monoisotopic (exact) mass is 189 g/mol. The van der Waals surface area contributed by atoms with E-state index in [2.05, 4.69) is 6.92 Å². The minimum absolute atomic E-state index is 0.171. The third kappa shape index (κ3) is 1.14. The van der Waals surface area contributed by atoms with Crippen LogP contribution in [0.15, 0.2) is 30.3 Å². The predicted octanol–water partition coefficient (Wildman–Crippen LogP) is 1.84. The van der Waals surface area contributed by atoms with Crippen LogP contribution in [-0.4, -0.2) is 5.91 Å². The molecule has 0 bridgehead atoms. The average Bonchev–Trinajstić information content (AvgIpc) is 2.94. The Morgan fingerprint density at radius 2 is 2.14 bits per heavy atom. The van der Waals surface area contributed by atoms with Crippen LogP contribution in [0.2, 0.25) is 0 Å². The van der Waals surface area contributed by atoms with Crippen LogP contribution < -0.4 is 5.73 Å². The number of benzene rings is 1. The second kappa shape index (κ2) is 3.12. The zero-order chi connectivity index (χ0) is 10.2. The first-order chi connectivity index (χ1) is 6.71. The molecule has 2 rings (SSSR count). The van der Waals surface area contributed by atoms with E-state index in [0.717, 1.165) is 18.4 Å². The number of rotatable bonds is 3. The molecule has 1 aliphatic rings. The van der Waals surface area contributed by atoms with Crippen molar-refractivity contribution in [2.45, 2.75) is 25.2 Å². The van der Waals surface area contributed by atoms with E-state index in [4.69, 9.17) is 5.73 Å². The van der Waals surface area contributed by atoms with E-state index in [1.54, 1.807) is 0 Å². The van der Waals surface area contributed by atoms with Crippen LogP contribution in [0.5, 0.6) is 0 Å². The molecule has 2 N–H and O–H groups in total. The van der Waals surface area contributed by atoms with Crippen molar-refractivity contribution in [2.75, 3.05) is 0 Å². The van der Waals surface area contributed by atoms with Gasteiger partial charge in [0.05, 0.1) is 5.41 Å². The van der Waals surface area contributed by atoms with Crippen molar-refractivity contribution in [1.29, 1.82) is 0 Å². The van der Waals surface area contributed by atoms with Gasteiger partial charge in [0.1, 0.15) is 0 Å². The van der Waals surface area contributed by atoms with Gasteiger partial charge in [-0.05, 0) is 17.9 Å². The highest BCUT2D eigenvalue weighted by atomic mass is 16.1. The van der Waals surface area contributed by atoms with Crippen LogP contribution >= 0.6 is 0 Å². The molecule has 1 amide bonds. The molecule has 2 unspecified atom stereocenters. The largest absolute Gasteiger partial charge is 0.369 e. The van der Waals surface area contributed by atoms with E-state index in [9.17, 15) is 4.79 Å². The number of hydrogen-bond donors (Lipinski definition) is 1. The van der Waals surface area contributed by atoms with Crippen molar-refractivity contribution >= 4 is 5.91 Å². The van der Waals surface area contributed by atoms with Gasteiger partial charge in [-0.25, -0.2) is 0 Å². The Morgan fingerprint density at radius 1 is 1.50 bits per heavy atom. The normalized spacial score (nSPS) is 29.9. The standard InChI is InChI=1S/C12H15NO/c1-2-9-8-12(9,11(13)14)10-6-4-3-5-7-10/h3-7,9H,2,8H2,1H3,(H2,13,14). The molecule has 2 atom stereocenters. The van der Waals surface area contributed by atoms with Crippen molar-refractivity contribution in [3.05, 3.63) is 35.9 Å². The Morgan fingerprint density at radius 3 is 2.57 bits per heavy atom. The molecule has 1 aromatic rings. The second-order valence-corrected chi connectivity index (χ2v) is 4.01. The summed E-state index contributed by atoms with van der Waals surface area (Å²) in [5.74, 6) is 0.276. The fraction of sp³-hybridized carbons (Fsp3) is 0.417. The minimum Gasteiger partial charge on any atom is -0.369 e. The third-order valence-electron chi connectivity index (χ3n) is 3.33. The molecule has 74 valence electrons. The lowest BCUT2D eigenvalue weighted by Gasteiger charge is -2.13. The highest BCUT2D eigenvalue weighted by molar-refractivity contribution is 5.90. The first-order valence-electron chi connectivity index (χ1n) is 5.07. The van der Waals surface area contributed by atoms with Gasteiger partial charge in [-0.1, -0.05) is 43.7 Å². The van der Waals surface area contributed by atoms with E-state index >= 15 is 0 Å². The summed E-state index contributed by atoms with van der Waals surface area (Å²) in [4.78, 5) is 11.5. The predicted molar refractivity (Wildman–Crippen MR) is 55.7 cm³/mol. The summed E-state index contributed by atoms with van der Waals surface area (Å²) in [7, 11) is 0. The number of carbonyl (C=O) groups excluding carboxylic acids is 1. The Labute approximate surface area is 84.1 Å². The molecule has 1 saturated carbocycles. The Hall–Kier alpha value is -1.31. The van der Waals surface area contributed by atoms with Crippen molar-refractivity contribution in [3.63, 3.8) is 0 Å². The third-order valence-corrected chi connectivity index (χ3v) is 3.33. The summed E-state index contributed by atoms with van der Waals surface area (Å²) in [6.45, 7) is 2.11. The van der Waals surface area contributed by atoms with Crippen molar-refractivity contribution in [2.24, 2.45) is 11.7 Å². The Balaban J connectivity index is 2.36. The molecular weight excluding hydrogens is 174 g/mol. The molecule has 0 radical (unpaired) electrons. The molecule has 1 fully saturated rings. The summed E-state index contributed by atoms with van der Waals surface area (Å²) in [5, 5.41) is 0. The lowest BCUT2D eigenvalue weighted by Crippen LogP contribution is -2.30. The first-order valence-corrected chi connectivity index (χ1v) is 5.07. The van der Waals surface area contributed by atoms with Gasteiger partial charge in [-0.15, -0.1) is 0 Å². The molecule has 0 heterocycles. The summed E-state index contributed by atoms with van der Waals surface area (Å²) in [6, 6.07) is 9.89. The summed E-state index contributed by atoms with van der Waals surface area (Å²) in [6.07, 6.45) is 1.95. The topological polar surface area (TPSA) is 43.1 Å². The molecule has 0 aromatic heterocycles. The van der Waals surface area contributed by atoms with Crippen LogP contribution in [-0.2, 0) is 10.2 Å². The number of primary amides is 1. The molecule has 1 aliphatic carbocycles. The zero-order valence-electron chi connectivity index (χ0n) is 8.36. The van der Waals surface area contributed by atoms with Crippen LogP contribution in [0, 0.1) is 5.92 Å². The van der Waals surface area contributed by atoms with E-state index in [1.165, 1.54) is 0 Å². The molecule has 2 nitrogen and oxygen atoms in total. The molecule has 0 saturated heterocycles. The molecule has 0 spiro atoms. The number of nitrogens with two attached hydrogens (primary N) is 1. The molecule has 1 aromatic carbocycles. The summed E-state index contributed by atoms with van der Waals surface area (Å²) >= 11 is 0. The van der Waals surface area contributed by atoms with Crippen molar-refractivity contribution in [1.82, 2.24) is 0 Å². The van der Waals surface area contributed by atoms with E-state index in [1.807, 2.05) is 30.3 Å².